The summed E-state index contributed by atoms with van der Waals surface area (Å²) >= 11 is 1.56. The maximum atomic E-state index is 13.0. The van der Waals surface area contributed by atoms with Crippen LogP contribution < -0.4 is 10.6 Å². The van der Waals surface area contributed by atoms with Crippen LogP contribution >= 0.6 is 11.3 Å². The Bertz CT molecular complexity index is 1180. The highest BCUT2D eigenvalue weighted by Gasteiger charge is 2.29. The third-order valence-electron chi connectivity index (χ3n) is 5.73. The third kappa shape index (κ3) is 4.84. The first-order valence-electron chi connectivity index (χ1n) is 10.9. The fourth-order valence-electron chi connectivity index (χ4n) is 3.88. The summed E-state index contributed by atoms with van der Waals surface area (Å²) in [4.78, 5) is 28.3. The zero-order valence-corrected chi connectivity index (χ0v) is 19.8. The van der Waals surface area contributed by atoms with Gasteiger partial charge in [0, 0.05) is 17.8 Å². The summed E-state index contributed by atoms with van der Waals surface area (Å²) in [5, 5.41) is 8.35. The van der Waals surface area contributed by atoms with Crippen molar-refractivity contribution in [2.75, 3.05) is 30.8 Å². The Morgan fingerprint density at radius 3 is 2.48 bits per heavy atom. The highest BCUT2D eigenvalue weighted by molar-refractivity contribution is 7.11. The van der Waals surface area contributed by atoms with Gasteiger partial charge < -0.3 is 15.4 Å². The monoisotopic (exact) mass is 461 g/mol. The van der Waals surface area contributed by atoms with Crippen LogP contribution in [0.3, 0.4) is 0 Å². The number of nitrogens with zero attached hydrogens (tertiary/aromatic N) is 1. The van der Waals surface area contributed by atoms with E-state index in [0.29, 0.717) is 16.8 Å². The molecule has 2 aromatic carbocycles. The van der Waals surface area contributed by atoms with Gasteiger partial charge in [0.15, 0.2) is 0 Å². The van der Waals surface area contributed by atoms with Gasteiger partial charge in [-0.3, -0.25) is 9.69 Å². The van der Waals surface area contributed by atoms with Gasteiger partial charge in [0.2, 0.25) is 0 Å². The second-order valence-corrected chi connectivity index (χ2v) is 8.66. The van der Waals surface area contributed by atoms with Crippen molar-refractivity contribution >= 4 is 45.9 Å². The fourth-order valence-corrected chi connectivity index (χ4v) is 4.61. The van der Waals surface area contributed by atoms with E-state index in [9.17, 15) is 9.59 Å². The average Bonchev–Trinajstić information content (AvgIpc) is 3.48. The Morgan fingerprint density at radius 1 is 1.09 bits per heavy atom. The zero-order valence-electron chi connectivity index (χ0n) is 19.0. The van der Waals surface area contributed by atoms with E-state index < -0.39 is 5.97 Å². The van der Waals surface area contributed by atoms with Crippen molar-refractivity contribution in [1.82, 2.24) is 4.90 Å². The minimum atomic E-state index is -0.439. The Hall–Kier alpha value is -3.42. The molecule has 1 amide bonds. The molecule has 170 valence electrons. The Labute approximate surface area is 197 Å². The number of amides is 1. The van der Waals surface area contributed by atoms with Crippen molar-refractivity contribution in [3.63, 3.8) is 0 Å². The summed E-state index contributed by atoms with van der Waals surface area (Å²) in [6.07, 6.45) is 0. The molecule has 0 atom stereocenters. The molecule has 6 nitrogen and oxygen atoms in total. The van der Waals surface area contributed by atoms with E-state index in [1.807, 2.05) is 29.6 Å². The quantitative estimate of drug-likeness (QED) is 0.351. The number of carbonyl (C=O) groups is 2. The number of hydrogen-bond acceptors (Lipinski definition) is 6. The number of anilines is 2. The lowest BCUT2D eigenvalue weighted by molar-refractivity contribution is -0.110. The highest BCUT2D eigenvalue weighted by atomic mass is 32.1. The molecule has 0 bridgehead atoms. The molecule has 1 aliphatic heterocycles. The van der Waals surface area contributed by atoms with Crippen LogP contribution in [0.15, 0.2) is 60.0 Å². The van der Waals surface area contributed by atoms with E-state index in [4.69, 9.17) is 4.74 Å². The molecule has 0 aliphatic carbocycles. The van der Waals surface area contributed by atoms with Crippen LogP contribution in [0.25, 0.3) is 11.3 Å². The van der Waals surface area contributed by atoms with E-state index in [2.05, 4.69) is 41.5 Å². The molecule has 1 aromatic heterocycles. The summed E-state index contributed by atoms with van der Waals surface area (Å²) in [5.41, 5.74) is 5.19. The van der Waals surface area contributed by atoms with Gasteiger partial charge in [0.25, 0.3) is 5.91 Å². The van der Waals surface area contributed by atoms with Crippen LogP contribution in [-0.4, -0.2) is 37.0 Å². The number of esters is 1. The van der Waals surface area contributed by atoms with Crippen LogP contribution in [0.2, 0.25) is 0 Å². The van der Waals surface area contributed by atoms with Crippen molar-refractivity contribution in [2.45, 2.75) is 20.4 Å². The van der Waals surface area contributed by atoms with Crippen molar-refractivity contribution in [1.29, 1.82) is 0 Å². The molecular weight excluding hydrogens is 434 g/mol. The molecule has 0 unspecified atom stereocenters. The number of methoxy groups -OCH3 is 1. The summed E-state index contributed by atoms with van der Waals surface area (Å²) in [6.45, 7) is 7.26. The Balaban J connectivity index is 1.70. The molecule has 3 aromatic rings. The van der Waals surface area contributed by atoms with Crippen LogP contribution in [0.5, 0.6) is 0 Å². The molecule has 2 heterocycles. The summed E-state index contributed by atoms with van der Waals surface area (Å²) < 4.78 is 4.81. The van der Waals surface area contributed by atoms with Gasteiger partial charge in [-0.25, -0.2) is 4.79 Å². The van der Waals surface area contributed by atoms with Crippen LogP contribution in [0.4, 0.5) is 11.4 Å². The van der Waals surface area contributed by atoms with Crippen molar-refractivity contribution in [2.24, 2.45) is 0 Å². The molecule has 0 saturated heterocycles. The average molecular weight is 462 g/mol. The van der Waals surface area contributed by atoms with Gasteiger partial charge in [0.05, 0.1) is 34.5 Å². The van der Waals surface area contributed by atoms with Gasteiger partial charge in [0.1, 0.15) is 0 Å². The summed E-state index contributed by atoms with van der Waals surface area (Å²) in [6, 6.07) is 17.4. The molecule has 0 fully saturated rings. The third-order valence-corrected chi connectivity index (χ3v) is 6.61. The first-order chi connectivity index (χ1) is 16.0. The van der Waals surface area contributed by atoms with Crippen molar-refractivity contribution in [3.05, 3.63) is 81.5 Å². The molecule has 2 N–H and O–H groups in total. The number of thiophene rings is 1. The van der Waals surface area contributed by atoms with Crippen molar-refractivity contribution in [3.8, 4) is 0 Å². The SMILES string of the molecule is CCN(CC)Cc1ccc(N/C(=C2\C(=O)Nc3cc(C(=O)OC)ccc32)c2cccs2)cc1. The lowest BCUT2D eigenvalue weighted by Gasteiger charge is -2.18. The largest absolute Gasteiger partial charge is 0.465 e. The number of benzene rings is 2. The maximum Gasteiger partial charge on any atom is 0.337 e. The van der Waals surface area contributed by atoms with E-state index in [-0.39, 0.29) is 5.91 Å². The predicted octanol–water partition coefficient (Wildman–Crippen LogP) is 5.31. The fraction of sp³-hybridized carbons (Fsp3) is 0.231. The van der Waals surface area contributed by atoms with Gasteiger partial charge >= 0.3 is 5.97 Å². The second kappa shape index (κ2) is 10.0. The van der Waals surface area contributed by atoms with Crippen LogP contribution in [0.1, 0.15) is 40.2 Å². The van der Waals surface area contributed by atoms with Crippen LogP contribution in [0, 0.1) is 0 Å². The maximum absolute atomic E-state index is 13.0. The Morgan fingerprint density at radius 2 is 1.85 bits per heavy atom. The molecule has 0 radical (unpaired) electrons. The standard InChI is InChI=1S/C26H27N3O3S/c1-4-29(5-2)16-17-8-11-19(12-9-17)27-24(22-7-6-14-33-22)23-20-13-10-18(26(31)32-3)15-21(20)28-25(23)30/h6-15,27H,4-5,16H2,1-3H3,(H,28,30)/b24-23-. The molecule has 1 aliphatic rings. The van der Waals surface area contributed by atoms with Gasteiger partial charge in [-0.05, 0) is 54.4 Å². The summed E-state index contributed by atoms with van der Waals surface area (Å²) in [7, 11) is 1.34. The van der Waals surface area contributed by atoms with E-state index in [0.717, 1.165) is 41.5 Å². The van der Waals surface area contributed by atoms with E-state index >= 15 is 0 Å². The summed E-state index contributed by atoms with van der Waals surface area (Å²) in [5.74, 6) is -0.646. The highest BCUT2D eigenvalue weighted by Crippen LogP contribution is 2.39. The van der Waals surface area contributed by atoms with Gasteiger partial charge in [-0.15, -0.1) is 11.3 Å². The van der Waals surface area contributed by atoms with Gasteiger partial charge in [-0.1, -0.05) is 38.1 Å². The minimum Gasteiger partial charge on any atom is -0.465 e. The lowest BCUT2D eigenvalue weighted by Crippen LogP contribution is -2.22. The first kappa shape index (κ1) is 22.8. The van der Waals surface area contributed by atoms with Crippen molar-refractivity contribution < 1.29 is 14.3 Å². The van der Waals surface area contributed by atoms with Crippen LogP contribution in [-0.2, 0) is 16.1 Å². The number of rotatable bonds is 8. The molecular formula is C26H27N3O3S. The smallest absolute Gasteiger partial charge is 0.337 e. The molecule has 7 heteroatoms. The van der Waals surface area contributed by atoms with E-state index in [1.54, 1.807) is 29.5 Å². The molecule has 0 saturated carbocycles. The minimum absolute atomic E-state index is 0.207. The van der Waals surface area contributed by atoms with Gasteiger partial charge in [-0.2, -0.15) is 0 Å². The first-order valence-corrected chi connectivity index (χ1v) is 11.8. The predicted molar refractivity (Wildman–Crippen MR) is 134 cm³/mol. The number of fused-ring (bicyclic) bond motifs is 1. The number of carbonyl (C=O) groups excluding carboxylic acids is 2. The molecule has 0 spiro atoms. The normalized spacial score (nSPS) is 14.1. The van der Waals surface area contributed by atoms with E-state index in [1.165, 1.54) is 12.7 Å². The second-order valence-electron chi connectivity index (χ2n) is 7.72. The number of hydrogen-bond donors (Lipinski definition) is 2. The number of nitrogens with one attached hydrogen (secondary N) is 2. The number of ether oxygens (including phenoxy) is 1. The Kier molecular flexibility index (Phi) is 6.91. The lowest BCUT2D eigenvalue weighted by atomic mass is 10.0. The topological polar surface area (TPSA) is 70.7 Å². The molecule has 4 rings (SSSR count). The zero-order chi connectivity index (χ0) is 23.4. The molecule has 33 heavy (non-hydrogen) atoms.